The third-order valence-electron chi connectivity index (χ3n) is 20.8. The lowest BCUT2D eigenvalue weighted by Crippen LogP contribution is -2.55. The van der Waals surface area contributed by atoms with Crippen molar-refractivity contribution in [2.45, 2.75) is 136 Å². The topological polar surface area (TPSA) is 462 Å². The van der Waals surface area contributed by atoms with Crippen LogP contribution in [-0.2, 0) is 51.2 Å². The molecule has 112 heavy (non-hydrogen) atoms. The van der Waals surface area contributed by atoms with Gasteiger partial charge in [-0.25, -0.2) is 0 Å². The average molecular weight is 1550 g/mol. The van der Waals surface area contributed by atoms with Crippen molar-refractivity contribution in [1.82, 2.24) is 80.2 Å². The second kappa shape index (κ2) is 39.2. The Labute approximate surface area is 648 Å². The molecule has 6 amide bonds. The molecule has 4 aromatic carbocycles. The number of hydrogen-bond acceptors (Lipinski definition) is 22. The van der Waals surface area contributed by atoms with Crippen LogP contribution in [0.3, 0.4) is 0 Å². The van der Waals surface area contributed by atoms with Gasteiger partial charge in [0.1, 0.15) is 41.1 Å². The predicted molar refractivity (Wildman–Crippen MR) is 409 cm³/mol. The number of carbonyl (C=O) groups is 10. The van der Waals surface area contributed by atoms with Crippen LogP contribution in [-0.4, -0.2) is 288 Å². The first-order valence-electron chi connectivity index (χ1n) is 38.1. The molecule has 3 aliphatic rings. The number of phenols is 4. The number of nitrogens with one attached hydrogen (secondary N) is 4. The van der Waals surface area contributed by atoms with Gasteiger partial charge in [0.2, 0.25) is 35.3 Å². The molecule has 0 aliphatic carbocycles. The highest BCUT2D eigenvalue weighted by Gasteiger charge is 2.36. The van der Waals surface area contributed by atoms with Crippen molar-refractivity contribution in [3.05, 3.63) is 107 Å². The summed E-state index contributed by atoms with van der Waals surface area (Å²) in [5.74, 6) is -8.69. The number of likely N-dealkylation sites (tertiary alicyclic amines) is 2. The molecule has 12 N–H and O–H groups in total. The van der Waals surface area contributed by atoms with Crippen molar-refractivity contribution in [3.63, 3.8) is 0 Å². The van der Waals surface area contributed by atoms with Crippen molar-refractivity contribution < 1.29 is 88.8 Å². The number of amides is 6. The summed E-state index contributed by atoms with van der Waals surface area (Å²) in [6, 6.07) is 16.6. The Balaban J connectivity index is 0.874. The van der Waals surface area contributed by atoms with Crippen LogP contribution in [0.5, 0.6) is 23.0 Å². The van der Waals surface area contributed by atoms with Crippen molar-refractivity contribution in [2.24, 2.45) is 11.8 Å². The average Bonchev–Trinajstić information content (AvgIpc) is 1.55. The number of aliphatic carboxylic acids is 4. The lowest BCUT2D eigenvalue weighted by atomic mass is 9.90. The number of hydrogen-bond donors (Lipinski definition) is 12. The van der Waals surface area contributed by atoms with Crippen LogP contribution in [0.2, 0.25) is 0 Å². The van der Waals surface area contributed by atoms with Gasteiger partial charge in [0, 0.05) is 122 Å². The number of carboxylic acid groups (broad SMARTS) is 4. The molecule has 2 aromatic heterocycles. The Kier molecular flexibility index (Phi) is 29.7. The van der Waals surface area contributed by atoms with Crippen molar-refractivity contribution in [3.8, 4) is 57.1 Å². The summed E-state index contributed by atoms with van der Waals surface area (Å²) in [6.45, 7) is 13.5. The smallest absolute Gasteiger partial charge is 0.320 e. The van der Waals surface area contributed by atoms with E-state index >= 15 is 0 Å². The molecule has 0 saturated carbocycles. The summed E-state index contributed by atoms with van der Waals surface area (Å²) >= 11 is 0. The van der Waals surface area contributed by atoms with Gasteiger partial charge in [-0.05, 0) is 148 Å². The second-order valence-electron chi connectivity index (χ2n) is 29.6. The Bertz CT molecular complexity index is 4310. The SMILES string of the molecule is CCNC(=O)c1nnc(-c2cc(C(C)C)c(O)cc2O)n1-c1ccc(CC2CCN(C(=O)C[C@H](NC(=O)CC[C@H](C(=O)O)N3CCN(CC(=O)O)CCN(CC(=O)O)CCN(CC(=O)O)CC3)C(=O)N[C@H](C)C(=O)N3CCC(Cc4ccc(-n5c(C(=O)NCC)nnc5-c5cc(C(C)C)c(O)cc5O)cc4)CC3)CC2)cc1. The van der Waals surface area contributed by atoms with E-state index in [4.69, 9.17) is 0 Å². The fourth-order valence-corrected chi connectivity index (χ4v) is 14.7. The fourth-order valence-electron chi connectivity index (χ4n) is 14.7. The van der Waals surface area contributed by atoms with Crippen LogP contribution in [0.15, 0.2) is 72.8 Å². The Hall–Kier alpha value is -11.1. The molecule has 604 valence electrons. The number of nitrogens with zero attached hydrogens (tertiary/aromatic N) is 12. The van der Waals surface area contributed by atoms with Crippen LogP contribution in [0, 0.1) is 11.8 Å². The second-order valence-corrected chi connectivity index (χ2v) is 29.6. The zero-order valence-electron chi connectivity index (χ0n) is 64.4. The van der Waals surface area contributed by atoms with E-state index in [1.54, 1.807) is 49.8 Å². The van der Waals surface area contributed by atoms with Gasteiger partial charge in [-0.1, -0.05) is 52.0 Å². The van der Waals surface area contributed by atoms with Crippen molar-refractivity contribution >= 4 is 59.3 Å². The Morgan fingerprint density at radius 1 is 0.482 bits per heavy atom. The number of carboxylic acids is 4. The Morgan fingerprint density at radius 3 is 1.25 bits per heavy atom. The highest BCUT2D eigenvalue weighted by molar-refractivity contribution is 5.96. The summed E-state index contributed by atoms with van der Waals surface area (Å²) in [5, 5.41) is 111. The van der Waals surface area contributed by atoms with Crippen LogP contribution in [0.4, 0.5) is 0 Å². The van der Waals surface area contributed by atoms with E-state index < -0.39 is 103 Å². The predicted octanol–water partition coefficient (Wildman–Crippen LogP) is 4.10. The molecular formula is C78H104N16O18. The molecule has 3 saturated heterocycles. The number of benzene rings is 4. The summed E-state index contributed by atoms with van der Waals surface area (Å²) in [4.78, 5) is 143. The van der Waals surface area contributed by atoms with Gasteiger partial charge in [-0.2, -0.15) is 0 Å². The number of piperidine rings is 2. The largest absolute Gasteiger partial charge is 0.508 e. The maximum Gasteiger partial charge on any atom is 0.320 e. The maximum absolute atomic E-state index is 14.7. The summed E-state index contributed by atoms with van der Waals surface area (Å²) in [7, 11) is 0. The maximum atomic E-state index is 14.7. The quantitative estimate of drug-likeness (QED) is 0.0291. The molecule has 0 bridgehead atoms. The van der Waals surface area contributed by atoms with E-state index in [1.807, 2.05) is 76.2 Å². The Morgan fingerprint density at radius 2 is 0.875 bits per heavy atom. The first-order chi connectivity index (χ1) is 53.4. The first-order valence-corrected chi connectivity index (χ1v) is 38.1. The molecule has 0 radical (unpaired) electrons. The lowest BCUT2D eigenvalue weighted by molar-refractivity contribution is -0.145. The minimum absolute atomic E-state index is 0.000717. The molecule has 9 rings (SSSR count). The van der Waals surface area contributed by atoms with E-state index in [0.717, 1.165) is 11.1 Å². The molecule has 0 unspecified atom stereocenters. The molecule has 34 nitrogen and oxygen atoms in total. The van der Waals surface area contributed by atoms with Gasteiger partial charge in [0.15, 0.2) is 11.6 Å². The van der Waals surface area contributed by atoms with Crippen molar-refractivity contribution in [2.75, 3.05) is 111 Å². The van der Waals surface area contributed by atoms with E-state index in [2.05, 4.69) is 41.7 Å². The highest BCUT2D eigenvalue weighted by atomic mass is 16.4. The first kappa shape index (κ1) is 84.9. The molecule has 5 heterocycles. The number of rotatable bonds is 31. The zero-order valence-corrected chi connectivity index (χ0v) is 64.4. The van der Waals surface area contributed by atoms with E-state index in [9.17, 15) is 88.8 Å². The number of aromatic hydroxyl groups is 4. The van der Waals surface area contributed by atoms with Crippen molar-refractivity contribution in [1.29, 1.82) is 0 Å². The lowest BCUT2D eigenvalue weighted by Gasteiger charge is -2.35. The third kappa shape index (κ3) is 22.4. The number of phenolic OH excluding ortho intramolecular Hbond substituents is 4. The molecule has 34 heteroatoms. The fraction of sp³-hybridized carbons (Fsp3) is 0.513. The van der Waals surface area contributed by atoms with E-state index in [-0.39, 0.29) is 160 Å². The van der Waals surface area contributed by atoms with Gasteiger partial charge >= 0.3 is 23.9 Å². The summed E-state index contributed by atoms with van der Waals surface area (Å²) < 4.78 is 3.09. The van der Waals surface area contributed by atoms with Gasteiger partial charge < -0.3 is 71.9 Å². The normalized spacial score (nSPS) is 16.4. The van der Waals surface area contributed by atoms with E-state index in [1.165, 1.54) is 33.8 Å². The molecular weight excluding hydrogens is 1450 g/mol. The molecule has 3 atom stereocenters. The minimum atomic E-state index is -1.55. The third-order valence-corrected chi connectivity index (χ3v) is 20.8. The zero-order chi connectivity index (χ0) is 81.2. The number of aromatic nitrogens is 6. The summed E-state index contributed by atoms with van der Waals surface area (Å²) in [6.07, 6.45) is 2.18. The molecule has 0 spiro atoms. The van der Waals surface area contributed by atoms with Gasteiger partial charge in [-0.15, -0.1) is 20.4 Å². The van der Waals surface area contributed by atoms with Crippen LogP contribution >= 0.6 is 0 Å². The molecule has 6 aromatic rings. The monoisotopic (exact) mass is 1550 g/mol. The van der Waals surface area contributed by atoms with Gasteiger partial charge in [-0.3, -0.25) is 76.7 Å². The standard InChI is InChI=1S/C78H104N16O18/c1-8-79-75(108)72-85-83-70(57-38-55(46(3)4)61(95)41-63(57)97)93(72)53-14-10-49(11-15-53)36-51-20-24-91(25-21-51)66(100)40-59(82-65(99)19-18-60(78(111)112)90-34-32-88(44-68(103)104)30-28-87(43-67(101)102)29-31-89(33-35-90)45-69(105)106)74(107)81-48(7)77(110)92-26-22-52(23-27-92)37-50-12-16-54(17-13-50)94-71(84-86-73(94)76(109)80-9-2)58-39-56(47(5)6)62(96)42-64(58)98/h10-17,38-39,41-42,46-48,51-52,59-60,95-98H,8-9,18-37,40,43-45H2,1-7H3,(H,79,108)(H,80,109)(H,81,107)(H,82,99)(H,101,102)(H,103,104)(H,105,106)(H,111,112)/t48-,59+,60-/m1/s1. The molecule has 3 aliphatic heterocycles. The molecule has 3 fully saturated rings. The van der Waals surface area contributed by atoms with Gasteiger partial charge in [0.05, 0.1) is 37.2 Å². The number of carbonyl (C=O) groups excluding carboxylic acids is 6. The van der Waals surface area contributed by atoms with Gasteiger partial charge in [0.25, 0.3) is 11.8 Å². The van der Waals surface area contributed by atoms with E-state index in [0.29, 0.717) is 87.2 Å². The highest BCUT2D eigenvalue weighted by Crippen LogP contribution is 2.41. The van der Waals surface area contributed by atoms with Crippen LogP contribution < -0.4 is 21.3 Å². The van der Waals surface area contributed by atoms with Crippen LogP contribution in [0.25, 0.3) is 34.2 Å². The van der Waals surface area contributed by atoms with Crippen LogP contribution in [0.1, 0.15) is 149 Å². The summed E-state index contributed by atoms with van der Waals surface area (Å²) in [5.41, 5.74) is 4.62. The minimum Gasteiger partial charge on any atom is -0.508 e.